The molecule has 2 aliphatic heterocycles. The first-order chi connectivity index (χ1) is 12.0. The molecule has 0 N–H and O–H groups in total. The van der Waals surface area contributed by atoms with Gasteiger partial charge in [-0.25, -0.2) is 0 Å². The SMILES string of the molecule is COc1cc(N2CCN(C3CCN(C)CC3)CC2)c(C)cc1[N+](=O)[O-]. The molecule has 2 heterocycles. The van der Waals surface area contributed by atoms with Gasteiger partial charge in [0, 0.05) is 50.0 Å². The molecule has 25 heavy (non-hydrogen) atoms. The number of aryl methyl sites for hydroxylation is 1. The van der Waals surface area contributed by atoms with E-state index in [-0.39, 0.29) is 10.6 Å². The second-order valence-electron chi connectivity index (χ2n) is 7.13. The number of piperidine rings is 1. The minimum absolute atomic E-state index is 0.0358. The molecule has 0 atom stereocenters. The first-order valence-corrected chi connectivity index (χ1v) is 9.00. The summed E-state index contributed by atoms with van der Waals surface area (Å²) in [5.41, 5.74) is 2.01. The Balaban J connectivity index is 1.67. The molecule has 0 saturated carbocycles. The van der Waals surface area contributed by atoms with E-state index in [9.17, 15) is 10.1 Å². The molecule has 0 spiro atoms. The zero-order chi connectivity index (χ0) is 18.0. The van der Waals surface area contributed by atoms with E-state index in [1.54, 1.807) is 6.07 Å². The molecular formula is C18H28N4O3. The Labute approximate surface area is 149 Å². The van der Waals surface area contributed by atoms with Crippen molar-refractivity contribution in [3.05, 3.63) is 27.8 Å². The Morgan fingerprint density at radius 1 is 1.12 bits per heavy atom. The molecule has 0 aromatic heterocycles. The number of methoxy groups -OCH3 is 1. The molecule has 7 nitrogen and oxygen atoms in total. The average molecular weight is 348 g/mol. The van der Waals surface area contributed by atoms with E-state index in [2.05, 4.69) is 21.7 Å². The number of rotatable bonds is 4. The molecule has 0 amide bonds. The van der Waals surface area contributed by atoms with Crippen molar-refractivity contribution in [2.24, 2.45) is 0 Å². The molecule has 1 aromatic rings. The zero-order valence-electron chi connectivity index (χ0n) is 15.4. The summed E-state index contributed by atoms with van der Waals surface area (Å²) in [5.74, 6) is 0.336. The fraction of sp³-hybridized carbons (Fsp3) is 0.667. The normalized spacial score (nSPS) is 20.7. The molecule has 2 aliphatic rings. The summed E-state index contributed by atoms with van der Waals surface area (Å²) >= 11 is 0. The van der Waals surface area contributed by atoms with Gasteiger partial charge in [-0.15, -0.1) is 0 Å². The number of hydrogen-bond donors (Lipinski definition) is 0. The summed E-state index contributed by atoms with van der Waals surface area (Å²) in [6.07, 6.45) is 2.50. The highest BCUT2D eigenvalue weighted by Gasteiger charge is 2.28. The van der Waals surface area contributed by atoms with Crippen LogP contribution in [-0.4, -0.2) is 74.2 Å². The Hall–Kier alpha value is -1.86. The van der Waals surface area contributed by atoms with Crippen molar-refractivity contribution >= 4 is 11.4 Å². The van der Waals surface area contributed by atoms with E-state index in [0.717, 1.165) is 37.4 Å². The molecule has 138 valence electrons. The molecular weight excluding hydrogens is 320 g/mol. The van der Waals surface area contributed by atoms with Gasteiger partial charge in [-0.2, -0.15) is 0 Å². The van der Waals surface area contributed by atoms with Crippen molar-refractivity contribution in [1.29, 1.82) is 0 Å². The largest absolute Gasteiger partial charge is 0.490 e. The molecule has 1 aromatic carbocycles. The topological polar surface area (TPSA) is 62.1 Å². The Morgan fingerprint density at radius 2 is 1.76 bits per heavy atom. The summed E-state index contributed by atoms with van der Waals surface area (Å²) in [5, 5.41) is 11.2. The van der Waals surface area contributed by atoms with Crippen LogP contribution >= 0.6 is 0 Å². The van der Waals surface area contributed by atoms with Gasteiger partial charge in [0.25, 0.3) is 0 Å². The third-order valence-electron chi connectivity index (χ3n) is 5.55. The monoisotopic (exact) mass is 348 g/mol. The summed E-state index contributed by atoms with van der Waals surface area (Å²) in [7, 11) is 3.68. The second-order valence-corrected chi connectivity index (χ2v) is 7.13. The van der Waals surface area contributed by atoms with Gasteiger partial charge in [0.2, 0.25) is 0 Å². The van der Waals surface area contributed by atoms with Gasteiger partial charge in [-0.3, -0.25) is 15.0 Å². The number of hydrogen-bond acceptors (Lipinski definition) is 6. The van der Waals surface area contributed by atoms with Crippen molar-refractivity contribution < 1.29 is 9.66 Å². The number of piperazine rings is 1. The van der Waals surface area contributed by atoms with E-state index >= 15 is 0 Å². The van der Waals surface area contributed by atoms with Crippen molar-refractivity contribution in [2.75, 3.05) is 58.3 Å². The number of likely N-dealkylation sites (tertiary alicyclic amines) is 1. The molecule has 2 saturated heterocycles. The number of benzene rings is 1. The van der Waals surface area contributed by atoms with Crippen LogP contribution in [0, 0.1) is 17.0 Å². The van der Waals surface area contributed by atoms with Gasteiger partial charge in [0.15, 0.2) is 5.75 Å². The average Bonchev–Trinajstić information content (AvgIpc) is 2.62. The quantitative estimate of drug-likeness (QED) is 0.614. The first kappa shape index (κ1) is 17.9. The van der Waals surface area contributed by atoms with Crippen LogP contribution in [0.1, 0.15) is 18.4 Å². The summed E-state index contributed by atoms with van der Waals surface area (Å²) in [4.78, 5) is 18.1. The van der Waals surface area contributed by atoms with Crippen LogP contribution in [0.5, 0.6) is 5.75 Å². The Kier molecular flexibility index (Phi) is 5.44. The molecule has 7 heteroatoms. The van der Waals surface area contributed by atoms with E-state index in [1.807, 2.05) is 13.0 Å². The lowest BCUT2D eigenvalue weighted by Crippen LogP contribution is -2.53. The highest BCUT2D eigenvalue weighted by Crippen LogP contribution is 2.35. The summed E-state index contributed by atoms with van der Waals surface area (Å²) in [6, 6.07) is 4.14. The van der Waals surface area contributed by atoms with Gasteiger partial charge in [-0.05, 0) is 45.5 Å². The number of nitrogens with zero attached hydrogens (tertiary/aromatic N) is 4. The Morgan fingerprint density at radius 3 is 2.32 bits per heavy atom. The third-order valence-corrected chi connectivity index (χ3v) is 5.55. The maximum Gasteiger partial charge on any atom is 0.311 e. The maximum absolute atomic E-state index is 11.2. The van der Waals surface area contributed by atoms with Gasteiger partial charge >= 0.3 is 5.69 Å². The second kappa shape index (κ2) is 7.58. The number of anilines is 1. The van der Waals surface area contributed by atoms with Gasteiger partial charge in [0.05, 0.1) is 12.0 Å². The van der Waals surface area contributed by atoms with Crippen molar-refractivity contribution in [1.82, 2.24) is 9.80 Å². The fourth-order valence-electron chi connectivity index (χ4n) is 4.00. The predicted molar refractivity (Wildman–Crippen MR) is 98.7 cm³/mol. The van der Waals surface area contributed by atoms with Crippen LogP contribution in [0.15, 0.2) is 12.1 Å². The predicted octanol–water partition coefficient (Wildman–Crippen LogP) is 2.13. The van der Waals surface area contributed by atoms with E-state index < -0.39 is 0 Å². The zero-order valence-corrected chi connectivity index (χ0v) is 15.4. The van der Waals surface area contributed by atoms with Gasteiger partial charge < -0.3 is 14.5 Å². The lowest BCUT2D eigenvalue weighted by Gasteiger charge is -2.43. The standard InChI is InChI=1S/C18H28N4O3/c1-14-12-17(22(23)24)18(25-3)13-16(14)21-10-8-20(9-11-21)15-4-6-19(2)7-5-15/h12-13,15H,4-11H2,1-3H3. The summed E-state index contributed by atoms with van der Waals surface area (Å²) < 4.78 is 5.24. The minimum Gasteiger partial charge on any atom is -0.490 e. The molecule has 0 radical (unpaired) electrons. The van der Waals surface area contributed by atoms with Crippen LogP contribution in [-0.2, 0) is 0 Å². The number of nitro benzene ring substituents is 1. The van der Waals surface area contributed by atoms with Crippen molar-refractivity contribution in [3.8, 4) is 5.75 Å². The van der Waals surface area contributed by atoms with Crippen molar-refractivity contribution in [3.63, 3.8) is 0 Å². The Bertz CT molecular complexity index is 621. The third kappa shape index (κ3) is 3.88. The van der Waals surface area contributed by atoms with E-state index in [1.165, 1.54) is 33.0 Å². The smallest absolute Gasteiger partial charge is 0.311 e. The fourth-order valence-corrected chi connectivity index (χ4v) is 4.00. The molecule has 0 bridgehead atoms. The molecule has 3 rings (SSSR count). The minimum atomic E-state index is -0.381. The summed E-state index contributed by atoms with van der Waals surface area (Å²) in [6.45, 7) is 8.31. The van der Waals surface area contributed by atoms with Gasteiger partial charge in [-0.1, -0.05) is 0 Å². The lowest BCUT2D eigenvalue weighted by molar-refractivity contribution is -0.385. The van der Waals surface area contributed by atoms with Crippen LogP contribution in [0.2, 0.25) is 0 Å². The van der Waals surface area contributed by atoms with Crippen LogP contribution in [0.3, 0.4) is 0 Å². The number of ether oxygens (including phenoxy) is 1. The highest BCUT2D eigenvalue weighted by molar-refractivity contribution is 5.64. The molecule has 0 aliphatic carbocycles. The van der Waals surface area contributed by atoms with Gasteiger partial charge in [0.1, 0.15) is 0 Å². The lowest BCUT2D eigenvalue weighted by atomic mass is 10.0. The van der Waals surface area contributed by atoms with Crippen LogP contribution in [0.25, 0.3) is 0 Å². The van der Waals surface area contributed by atoms with E-state index in [4.69, 9.17) is 4.74 Å². The first-order valence-electron chi connectivity index (χ1n) is 9.00. The molecule has 2 fully saturated rings. The van der Waals surface area contributed by atoms with Crippen molar-refractivity contribution in [2.45, 2.75) is 25.8 Å². The van der Waals surface area contributed by atoms with Crippen LogP contribution in [0.4, 0.5) is 11.4 Å². The van der Waals surface area contributed by atoms with Crippen LogP contribution < -0.4 is 9.64 Å². The maximum atomic E-state index is 11.2. The highest BCUT2D eigenvalue weighted by atomic mass is 16.6. The number of nitro groups is 1. The van der Waals surface area contributed by atoms with E-state index in [0.29, 0.717) is 11.8 Å². The molecule has 0 unspecified atom stereocenters.